The summed E-state index contributed by atoms with van der Waals surface area (Å²) in [6.07, 6.45) is 2.73. The number of hydrogen-bond acceptors (Lipinski definition) is 9. The van der Waals surface area contributed by atoms with Crippen molar-refractivity contribution in [3.63, 3.8) is 0 Å². The smallest absolute Gasteiger partial charge is 0.271 e. The van der Waals surface area contributed by atoms with E-state index in [-0.39, 0.29) is 30.4 Å². The van der Waals surface area contributed by atoms with E-state index < -0.39 is 24.2 Å². The molecule has 3 unspecified atom stereocenters. The molecule has 1 saturated carbocycles. The number of amides is 2. The molecule has 2 aromatic rings. The molecule has 2 amide bonds. The highest BCUT2D eigenvalue weighted by Crippen LogP contribution is 2.29. The van der Waals surface area contributed by atoms with E-state index in [1.54, 1.807) is 6.92 Å². The second kappa shape index (κ2) is 13.3. The minimum Gasteiger partial charge on any atom is -0.395 e. The number of fused-ring (bicyclic) bond motifs is 1. The third kappa shape index (κ3) is 7.98. The van der Waals surface area contributed by atoms with Crippen molar-refractivity contribution in [2.45, 2.75) is 57.5 Å². The number of rotatable bonds is 11. The van der Waals surface area contributed by atoms with Gasteiger partial charge in [-0.15, -0.1) is 0 Å². The molecule has 1 aromatic heterocycles. The lowest BCUT2D eigenvalue weighted by molar-refractivity contribution is -0.126. The number of benzene rings is 1. The number of β-amino-alcohol motifs (C(OH)–C–C–N with tert-alkyl or cyclic N) is 1. The fourth-order valence-corrected chi connectivity index (χ4v) is 5.17. The summed E-state index contributed by atoms with van der Waals surface area (Å²) in [6.45, 7) is 4.51. The normalized spacial score (nSPS) is 22.0. The van der Waals surface area contributed by atoms with Gasteiger partial charge in [0.05, 0.1) is 18.7 Å². The number of hydrogen-bond donors (Lipinski definition) is 3. The molecule has 220 valence electrons. The summed E-state index contributed by atoms with van der Waals surface area (Å²) in [4.78, 5) is 42.4. The minimum atomic E-state index is -1.34. The Morgan fingerprint density at radius 2 is 2.00 bits per heavy atom. The predicted octanol–water partition coefficient (Wildman–Crippen LogP) is 1.78. The Balaban J connectivity index is 1.06. The average molecular weight is 568 g/mol. The van der Waals surface area contributed by atoms with Crippen LogP contribution < -0.4 is 10.6 Å². The number of likely N-dealkylation sites (tertiary alicyclic amines) is 1. The molecule has 2 fully saturated rings. The van der Waals surface area contributed by atoms with Gasteiger partial charge < -0.3 is 25.5 Å². The fourth-order valence-electron chi connectivity index (χ4n) is 5.17. The molecule has 0 bridgehead atoms. The Labute approximate surface area is 239 Å². The second-order valence-electron chi connectivity index (χ2n) is 11.1. The standard InChI is InChI=1S/C29H38FN7O4/c1-19(35-41-17-20-6-7-20)29(40)37-11-9-25(24(30)16-37)34-27-12-26(32-18-33-27)28(39)31-13-23(38)15-36-10-8-21-4-2-3-5-22(21)14-36/h2-5,12,18,20,23-25,38H,6-11,13-17H2,1H3,(H,31,39)(H,32,33,34). The number of aromatic nitrogens is 2. The van der Waals surface area contributed by atoms with Crippen molar-refractivity contribution in [2.24, 2.45) is 11.1 Å². The first-order valence-electron chi connectivity index (χ1n) is 14.3. The summed E-state index contributed by atoms with van der Waals surface area (Å²) in [5, 5.41) is 20.2. The van der Waals surface area contributed by atoms with Gasteiger partial charge in [-0.3, -0.25) is 14.5 Å². The Hall–Kier alpha value is -3.64. The van der Waals surface area contributed by atoms with E-state index in [0.717, 1.165) is 32.4 Å². The first-order valence-corrected chi connectivity index (χ1v) is 14.3. The maximum atomic E-state index is 15.0. The molecule has 1 saturated heterocycles. The molecule has 11 nitrogen and oxygen atoms in total. The molecule has 2 aliphatic heterocycles. The maximum absolute atomic E-state index is 15.0. The number of aliphatic hydroxyl groups excluding tert-OH is 1. The first-order chi connectivity index (χ1) is 19.9. The maximum Gasteiger partial charge on any atom is 0.271 e. The van der Waals surface area contributed by atoms with Gasteiger partial charge in [0, 0.05) is 38.8 Å². The average Bonchev–Trinajstić information content (AvgIpc) is 3.81. The quantitative estimate of drug-likeness (QED) is 0.277. The summed E-state index contributed by atoms with van der Waals surface area (Å²) in [5.74, 6) is 0.0586. The van der Waals surface area contributed by atoms with Crippen LogP contribution >= 0.6 is 0 Å². The molecule has 5 rings (SSSR count). The predicted molar refractivity (Wildman–Crippen MR) is 151 cm³/mol. The van der Waals surface area contributed by atoms with Crippen molar-refractivity contribution < 1.29 is 23.9 Å². The van der Waals surface area contributed by atoms with Crippen molar-refractivity contribution in [1.29, 1.82) is 0 Å². The van der Waals surface area contributed by atoms with E-state index in [9.17, 15) is 14.7 Å². The van der Waals surface area contributed by atoms with Crippen molar-refractivity contribution >= 4 is 23.3 Å². The molecule has 3 heterocycles. The van der Waals surface area contributed by atoms with Crippen molar-refractivity contribution in [3.8, 4) is 0 Å². The summed E-state index contributed by atoms with van der Waals surface area (Å²) in [7, 11) is 0. The number of carbonyl (C=O) groups excluding carboxylic acids is 2. The van der Waals surface area contributed by atoms with Crippen LogP contribution in [0.4, 0.5) is 10.2 Å². The number of carbonyl (C=O) groups is 2. The largest absolute Gasteiger partial charge is 0.395 e. The number of anilines is 1. The lowest BCUT2D eigenvalue weighted by atomic mass is 10.00. The molecule has 0 spiro atoms. The summed E-state index contributed by atoms with van der Waals surface area (Å²) in [5.41, 5.74) is 2.93. The van der Waals surface area contributed by atoms with Gasteiger partial charge in [-0.25, -0.2) is 14.4 Å². The highest BCUT2D eigenvalue weighted by molar-refractivity contribution is 6.37. The van der Waals surface area contributed by atoms with E-state index in [4.69, 9.17) is 4.84 Å². The summed E-state index contributed by atoms with van der Waals surface area (Å²) >= 11 is 0. The fraction of sp³-hybridized carbons (Fsp3) is 0.552. The van der Waals surface area contributed by atoms with E-state index >= 15 is 4.39 Å². The number of alkyl halides is 1. The van der Waals surface area contributed by atoms with Crippen LogP contribution in [0.1, 0.15) is 47.8 Å². The Morgan fingerprint density at radius 1 is 1.20 bits per heavy atom. The van der Waals surface area contributed by atoms with Gasteiger partial charge in [0.1, 0.15) is 36.3 Å². The second-order valence-corrected chi connectivity index (χ2v) is 11.1. The first kappa shape index (κ1) is 28.9. The molecule has 12 heteroatoms. The molecule has 41 heavy (non-hydrogen) atoms. The third-order valence-corrected chi connectivity index (χ3v) is 7.76. The zero-order valence-electron chi connectivity index (χ0n) is 23.3. The van der Waals surface area contributed by atoms with E-state index in [0.29, 0.717) is 37.9 Å². The van der Waals surface area contributed by atoms with Crippen LogP contribution in [0, 0.1) is 5.92 Å². The number of nitrogens with zero attached hydrogens (tertiary/aromatic N) is 5. The number of piperidine rings is 1. The van der Waals surface area contributed by atoms with Gasteiger partial charge in [0.25, 0.3) is 11.8 Å². The highest BCUT2D eigenvalue weighted by Gasteiger charge is 2.33. The van der Waals surface area contributed by atoms with Crippen LogP contribution in [0.25, 0.3) is 0 Å². The van der Waals surface area contributed by atoms with Crippen LogP contribution in [-0.2, 0) is 22.6 Å². The van der Waals surface area contributed by atoms with Gasteiger partial charge in [-0.05, 0) is 49.7 Å². The van der Waals surface area contributed by atoms with Crippen molar-refractivity contribution in [2.75, 3.05) is 44.6 Å². The van der Waals surface area contributed by atoms with Crippen LogP contribution in [0.15, 0.2) is 41.8 Å². The molecule has 3 N–H and O–H groups in total. The Morgan fingerprint density at radius 3 is 2.78 bits per heavy atom. The molecular formula is C29H38FN7O4. The van der Waals surface area contributed by atoms with E-state index in [2.05, 4.69) is 42.8 Å². The lowest BCUT2D eigenvalue weighted by Gasteiger charge is -2.35. The van der Waals surface area contributed by atoms with Gasteiger partial charge in [-0.2, -0.15) is 0 Å². The van der Waals surface area contributed by atoms with Crippen molar-refractivity contribution in [1.82, 2.24) is 25.1 Å². The van der Waals surface area contributed by atoms with Crippen LogP contribution in [0.5, 0.6) is 0 Å². The number of halogens is 1. The van der Waals surface area contributed by atoms with Crippen LogP contribution in [0.2, 0.25) is 0 Å². The SMILES string of the molecule is CC(=NOCC1CC1)C(=O)N1CCC(Nc2cc(C(=O)NCC(O)CN3CCc4ccccc4C3)ncn2)C(F)C1. The number of nitrogens with one attached hydrogen (secondary N) is 2. The molecule has 0 radical (unpaired) electrons. The number of oxime groups is 1. The van der Waals surface area contributed by atoms with Gasteiger partial charge in [0.2, 0.25) is 0 Å². The van der Waals surface area contributed by atoms with E-state index in [1.165, 1.54) is 28.4 Å². The molecule has 3 aliphatic rings. The third-order valence-electron chi connectivity index (χ3n) is 7.76. The molecule has 1 aliphatic carbocycles. The van der Waals surface area contributed by atoms with E-state index in [1.807, 2.05) is 12.1 Å². The van der Waals surface area contributed by atoms with Crippen LogP contribution in [0.3, 0.4) is 0 Å². The molecule has 3 atom stereocenters. The topological polar surface area (TPSA) is 132 Å². The monoisotopic (exact) mass is 567 g/mol. The summed E-state index contributed by atoms with van der Waals surface area (Å²) in [6, 6.07) is 9.18. The number of aliphatic hydroxyl groups is 1. The minimum absolute atomic E-state index is 0.0785. The van der Waals surface area contributed by atoms with Gasteiger partial charge >= 0.3 is 0 Å². The van der Waals surface area contributed by atoms with Crippen LogP contribution in [-0.4, -0.2) is 100 Å². The highest BCUT2D eigenvalue weighted by atomic mass is 19.1. The Kier molecular flexibility index (Phi) is 9.40. The van der Waals surface area contributed by atoms with Gasteiger partial charge in [0.15, 0.2) is 0 Å². The Bertz CT molecular complexity index is 1260. The summed E-state index contributed by atoms with van der Waals surface area (Å²) < 4.78 is 15.0. The van der Waals surface area contributed by atoms with Crippen molar-refractivity contribution in [3.05, 3.63) is 53.5 Å². The zero-order valence-corrected chi connectivity index (χ0v) is 23.3. The molecular weight excluding hydrogens is 529 g/mol. The molecule has 1 aromatic carbocycles. The lowest BCUT2D eigenvalue weighted by Crippen LogP contribution is -2.51. The zero-order chi connectivity index (χ0) is 28.8. The van der Waals surface area contributed by atoms with Gasteiger partial charge in [-0.1, -0.05) is 29.4 Å².